The Morgan fingerprint density at radius 2 is 1.86 bits per heavy atom. The molecule has 2 aromatic carbocycles. The van der Waals surface area contributed by atoms with E-state index in [4.69, 9.17) is 4.74 Å². The van der Waals surface area contributed by atoms with Crippen molar-refractivity contribution in [3.63, 3.8) is 0 Å². The normalized spacial score (nSPS) is 10.2. The predicted molar refractivity (Wildman–Crippen MR) is 88.8 cm³/mol. The lowest BCUT2D eigenvalue weighted by molar-refractivity contribution is -0.116. The van der Waals surface area contributed by atoms with Gasteiger partial charge in [0, 0.05) is 10.2 Å². The van der Waals surface area contributed by atoms with Gasteiger partial charge in [-0.3, -0.25) is 4.79 Å². The van der Waals surface area contributed by atoms with Crippen LogP contribution in [0, 0.1) is 13.8 Å². The summed E-state index contributed by atoms with van der Waals surface area (Å²) < 4.78 is 6.57. The lowest BCUT2D eigenvalue weighted by Crippen LogP contribution is -2.15. The average Bonchev–Trinajstić information content (AvgIpc) is 2.45. The van der Waals surface area contributed by atoms with Gasteiger partial charge in [0.2, 0.25) is 5.91 Å². The molecule has 0 aliphatic rings. The fraction of sp³-hybridized carbons (Fsp3) is 0.235. The Kier molecular flexibility index (Phi) is 5.39. The highest BCUT2D eigenvalue weighted by molar-refractivity contribution is 9.10. The van der Waals surface area contributed by atoms with Crippen LogP contribution in [0.4, 0.5) is 5.69 Å². The van der Waals surface area contributed by atoms with E-state index < -0.39 is 0 Å². The Morgan fingerprint density at radius 1 is 1.14 bits per heavy atom. The van der Waals surface area contributed by atoms with Gasteiger partial charge in [-0.25, -0.2) is 0 Å². The maximum atomic E-state index is 11.9. The zero-order chi connectivity index (χ0) is 15.2. The number of benzene rings is 2. The van der Waals surface area contributed by atoms with Gasteiger partial charge in [0.1, 0.15) is 5.75 Å². The lowest BCUT2D eigenvalue weighted by atomic mass is 10.2. The molecule has 0 heterocycles. The van der Waals surface area contributed by atoms with Crippen molar-refractivity contribution in [2.75, 3.05) is 11.9 Å². The number of nitrogens with one attached hydrogen (secondary N) is 1. The maximum absolute atomic E-state index is 11.9. The third-order valence-electron chi connectivity index (χ3n) is 3.06. The molecule has 3 nitrogen and oxygen atoms in total. The summed E-state index contributed by atoms with van der Waals surface area (Å²) in [7, 11) is 0. The first kappa shape index (κ1) is 15.6. The number of amides is 1. The van der Waals surface area contributed by atoms with Crippen molar-refractivity contribution in [1.82, 2.24) is 0 Å². The highest BCUT2D eigenvalue weighted by Crippen LogP contribution is 2.20. The molecule has 0 fully saturated rings. The van der Waals surface area contributed by atoms with Crippen LogP contribution in [0.3, 0.4) is 0 Å². The zero-order valence-electron chi connectivity index (χ0n) is 12.2. The number of carbonyl (C=O) groups is 1. The minimum Gasteiger partial charge on any atom is -0.493 e. The summed E-state index contributed by atoms with van der Waals surface area (Å²) in [4.78, 5) is 11.9. The molecule has 0 radical (unpaired) electrons. The van der Waals surface area contributed by atoms with Gasteiger partial charge in [0.05, 0.1) is 13.0 Å². The van der Waals surface area contributed by atoms with Crippen molar-refractivity contribution in [2.45, 2.75) is 20.3 Å². The third-order valence-corrected chi connectivity index (χ3v) is 3.95. The largest absolute Gasteiger partial charge is 0.493 e. The Balaban J connectivity index is 1.79. The van der Waals surface area contributed by atoms with E-state index in [-0.39, 0.29) is 5.91 Å². The summed E-state index contributed by atoms with van der Waals surface area (Å²) in [5.74, 6) is 0.733. The van der Waals surface area contributed by atoms with Gasteiger partial charge in [-0.15, -0.1) is 0 Å². The summed E-state index contributed by atoms with van der Waals surface area (Å²) in [6.45, 7) is 4.38. The monoisotopic (exact) mass is 347 g/mol. The van der Waals surface area contributed by atoms with Crippen LogP contribution in [-0.2, 0) is 4.79 Å². The van der Waals surface area contributed by atoms with Crippen LogP contribution in [0.2, 0.25) is 0 Å². The lowest BCUT2D eigenvalue weighted by Gasteiger charge is -2.08. The van der Waals surface area contributed by atoms with E-state index >= 15 is 0 Å². The fourth-order valence-corrected chi connectivity index (χ4v) is 2.09. The SMILES string of the molecule is Cc1ccc(OCCC(=O)Nc2ccc(Br)c(C)c2)cc1. The van der Waals surface area contributed by atoms with Crippen LogP contribution in [0.1, 0.15) is 17.5 Å². The second-order valence-corrected chi connectivity index (χ2v) is 5.78. The standard InChI is InChI=1S/C17H18BrNO2/c1-12-3-6-15(7-4-12)21-10-9-17(20)19-14-5-8-16(18)13(2)11-14/h3-8,11H,9-10H2,1-2H3,(H,19,20). The smallest absolute Gasteiger partial charge is 0.227 e. The molecule has 0 saturated carbocycles. The molecular formula is C17H18BrNO2. The number of halogens is 1. The van der Waals surface area contributed by atoms with Crippen molar-refractivity contribution >= 4 is 27.5 Å². The Labute approximate surface area is 133 Å². The summed E-state index contributed by atoms with van der Waals surface area (Å²) >= 11 is 3.44. The van der Waals surface area contributed by atoms with E-state index in [2.05, 4.69) is 21.2 Å². The van der Waals surface area contributed by atoms with Gasteiger partial charge in [-0.2, -0.15) is 0 Å². The molecule has 0 atom stereocenters. The number of ether oxygens (including phenoxy) is 1. The highest BCUT2D eigenvalue weighted by atomic mass is 79.9. The topological polar surface area (TPSA) is 38.3 Å². The summed E-state index contributed by atoms with van der Waals surface area (Å²) in [5.41, 5.74) is 3.07. The molecular weight excluding hydrogens is 330 g/mol. The second-order valence-electron chi connectivity index (χ2n) is 4.92. The number of hydrogen-bond donors (Lipinski definition) is 1. The van der Waals surface area contributed by atoms with E-state index in [1.165, 1.54) is 5.56 Å². The first-order valence-electron chi connectivity index (χ1n) is 6.80. The number of carbonyl (C=O) groups excluding carboxylic acids is 1. The molecule has 0 aliphatic heterocycles. The highest BCUT2D eigenvalue weighted by Gasteiger charge is 2.04. The van der Waals surface area contributed by atoms with Gasteiger partial charge < -0.3 is 10.1 Å². The minimum atomic E-state index is -0.0520. The molecule has 1 amide bonds. The molecule has 2 aromatic rings. The van der Waals surface area contributed by atoms with Crippen LogP contribution in [-0.4, -0.2) is 12.5 Å². The summed E-state index contributed by atoms with van der Waals surface area (Å²) in [5, 5.41) is 2.87. The molecule has 1 N–H and O–H groups in total. The molecule has 0 aliphatic carbocycles. The molecule has 0 saturated heterocycles. The number of anilines is 1. The van der Waals surface area contributed by atoms with E-state index in [1.54, 1.807) is 0 Å². The van der Waals surface area contributed by atoms with Crippen LogP contribution in [0.25, 0.3) is 0 Å². The molecule has 110 valence electrons. The molecule has 0 aromatic heterocycles. The van der Waals surface area contributed by atoms with Crippen molar-refractivity contribution in [3.05, 3.63) is 58.1 Å². The first-order valence-corrected chi connectivity index (χ1v) is 7.59. The number of hydrogen-bond acceptors (Lipinski definition) is 2. The molecule has 2 rings (SSSR count). The maximum Gasteiger partial charge on any atom is 0.227 e. The van der Waals surface area contributed by atoms with Crippen molar-refractivity contribution in [1.29, 1.82) is 0 Å². The van der Waals surface area contributed by atoms with Gasteiger partial charge in [-0.1, -0.05) is 33.6 Å². The van der Waals surface area contributed by atoms with Gasteiger partial charge in [-0.05, 0) is 49.7 Å². The number of rotatable bonds is 5. The molecule has 0 bridgehead atoms. The minimum absolute atomic E-state index is 0.0520. The molecule has 4 heteroatoms. The Bertz CT molecular complexity index is 623. The zero-order valence-corrected chi connectivity index (χ0v) is 13.7. The quantitative estimate of drug-likeness (QED) is 0.866. The van der Waals surface area contributed by atoms with Crippen molar-refractivity contribution < 1.29 is 9.53 Å². The van der Waals surface area contributed by atoms with Crippen LogP contribution in [0.15, 0.2) is 46.9 Å². The predicted octanol–water partition coefficient (Wildman–Crippen LogP) is 4.47. The van der Waals surface area contributed by atoms with E-state index in [9.17, 15) is 4.79 Å². The molecule has 0 spiro atoms. The first-order chi connectivity index (χ1) is 10.0. The van der Waals surface area contributed by atoms with Crippen LogP contribution < -0.4 is 10.1 Å². The van der Waals surface area contributed by atoms with E-state index in [1.807, 2.05) is 56.3 Å². The molecule has 21 heavy (non-hydrogen) atoms. The van der Waals surface area contributed by atoms with Crippen LogP contribution >= 0.6 is 15.9 Å². The second kappa shape index (κ2) is 7.27. The molecule has 0 unspecified atom stereocenters. The van der Waals surface area contributed by atoms with E-state index in [0.29, 0.717) is 13.0 Å². The Morgan fingerprint density at radius 3 is 2.52 bits per heavy atom. The average molecular weight is 348 g/mol. The summed E-state index contributed by atoms with van der Waals surface area (Å²) in [6.07, 6.45) is 0.322. The summed E-state index contributed by atoms with van der Waals surface area (Å²) in [6, 6.07) is 13.5. The van der Waals surface area contributed by atoms with Gasteiger partial charge in [0.15, 0.2) is 0 Å². The van der Waals surface area contributed by atoms with Crippen molar-refractivity contribution in [2.24, 2.45) is 0 Å². The Hall–Kier alpha value is -1.81. The van der Waals surface area contributed by atoms with Crippen LogP contribution in [0.5, 0.6) is 5.75 Å². The fourth-order valence-electron chi connectivity index (χ4n) is 1.84. The number of aryl methyl sites for hydroxylation is 2. The van der Waals surface area contributed by atoms with Gasteiger partial charge in [0.25, 0.3) is 0 Å². The van der Waals surface area contributed by atoms with Crippen molar-refractivity contribution in [3.8, 4) is 5.75 Å². The third kappa shape index (κ3) is 4.90. The van der Waals surface area contributed by atoms with Gasteiger partial charge >= 0.3 is 0 Å². The van der Waals surface area contributed by atoms with E-state index in [0.717, 1.165) is 21.5 Å².